The summed E-state index contributed by atoms with van der Waals surface area (Å²) in [7, 11) is 3.07. The molecule has 1 heterocycles. The van der Waals surface area contributed by atoms with Crippen LogP contribution < -0.4 is 20.1 Å². The summed E-state index contributed by atoms with van der Waals surface area (Å²) in [5.41, 5.74) is 3.53. The standard InChI is InChI=1S/C25H22ClN3O4S2/c1-14-4-6-16(26)11-19(14)28-23(30)13-34-25-29-18-8-7-17(12-22(18)35-25)27-24(31)15-5-9-20(32-2)21(10-15)33-3/h4-12H,13H2,1-3H3,(H,27,31)(H,28,30). The molecule has 4 rings (SSSR count). The zero-order chi connectivity index (χ0) is 24.9. The zero-order valence-electron chi connectivity index (χ0n) is 19.2. The van der Waals surface area contributed by atoms with Gasteiger partial charge in [0.1, 0.15) is 0 Å². The average Bonchev–Trinajstić information content (AvgIpc) is 3.26. The van der Waals surface area contributed by atoms with Crippen molar-refractivity contribution < 1.29 is 19.1 Å². The molecule has 0 saturated heterocycles. The third-order valence-electron chi connectivity index (χ3n) is 5.07. The van der Waals surface area contributed by atoms with E-state index in [1.54, 1.807) is 43.5 Å². The highest BCUT2D eigenvalue weighted by atomic mass is 35.5. The molecule has 35 heavy (non-hydrogen) atoms. The SMILES string of the molecule is COc1ccc(C(=O)Nc2ccc3nc(SCC(=O)Nc4cc(Cl)ccc4C)sc3c2)cc1OC. The van der Waals surface area contributed by atoms with Crippen LogP contribution in [0.4, 0.5) is 11.4 Å². The molecule has 0 aliphatic heterocycles. The van der Waals surface area contributed by atoms with E-state index in [0.29, 0.717) is 33.5 Å². The summed E-state index contributed by atoms with van der Waals surface area (Å²) in [4.78, 5) is 29.7. The smallest absolute Gasteiger partial charge is 0.255 e. The van der Waals surface area contributed by atoms with Crippen LogP contribution in [0.25, 0.3) is 10.2 Å². The Hall–Kier alpha value is -3.27. The van der Waals surface area contributed by atoms with Gasteiger partial charge in [0.25, 0.3) is 5.91 Å². The molecule has 2 N–H and O–H groups in total. The van der Waals surface area contributed by atoms with Crippen molar-refractivity contribution in [3.63, 3.8) is 0 Å². The molecule has 0 fully saturated rings. The molecule has 0 atom stereocenters. The molecule has 7 nitrogen and oxygen atoms in total. The molecule has 2 amide bonds. The molecule has 0 aliphatic carbocycles. The van der Waals surface area contributed by atoms with Crippen molar-refractivity contribution in [2.24, 2.45) is 0 Å². The van der Waals surface area contributed by atoms with E-state index >= 15 is 0 Å². The molecule has 0 radical (unpaired) electrons. The van der Waals surface area contributed by atoms with Gasteiger partial charge in [0, 0.05) is 22.0 Å². The Bertz CT molecular complexity index is 1410. The molecule has 4 aromatic rings. The Morgan fingerprint density at radius 2 is 1.80 bits per heavy atom. The van der Waals surface area contributed by atoms with Crippen LogP contribution in [0.1, 0.15) is 15.9 Å². The van der Waals surface area contributed by atoms with Crippen LogP contribution in [-0.4, -0.2) is 36.8 Å². The van der Waals surface area contributed by atoms with Crippen molar-refractivity contribution in [3.05, 3.63) is 70.7 Å². The average molecular weight is 528 g/mol. The Morgan fingerprint density at radius 1 is 1.00 bits per heavy atom. The molecule has 10 heteroatoms. The number of ether oxygens (including phenoxy) is 2. The lowest BCUT2D eigenvalue weighted by atomic mass is 10.2. The lowest BCUT2D eigenvalue weighted by Crippen LogP contribution is -2.14. The minimum atomic E-state index is -0.266. The molecular weight excluding hydrogens is 506 g/mol. The fourth-order valence-electron chi connectivity index (χ4n) is 3.27. The first-order chi connectivity index (χ1) is 16.9. The van der Waals surface area contributed by atoms with Crippen LogP contribution >= 0.6 is 34.7 Å². The highest BCUT2D eigenvalue weighted by Gasteiger charge is 2.13. The number of halogens is 1. The Labute approximate surface area is 215 Å². The van der Waals surface area contributed by atoms with Crippen LogP contribution in [-0.2, 0) is 4.79 Å². The summed E-state index contributed by atoms with van der Waals surface area (Å²) in [5, 5.41) is 6.35. The van der Waals surface area contributed by atoms with E-state index in [2.05, 4.69) is 15.6 Å². The number of rotatable bonds is 8. The van der Waals surface area contributed by atoms with Gasteiger partial charge in [-0.05, 0) is 61.0 Å². The second-order valence-electron chi connectivity index (χ2n) is 7.48. The van der Waals surface area contributed by atoms with Crippen LogP contribution in [0.3, 0.4) is 0 Å². The molecule has 0 saturated carbocycles. The van der Waals surface area contributed by atoms with Gasteiger partial charge in [-0.2, -0.15) is 0 Å². The lowest BCUT2D eigenvalue weighted by Gasteiger charge is -2.10. The van der Waals surface area contributed by atoms with E-state index in [1.165, 1.54) is 30.2 Å². The van der Waals surface area contributed by atoms with E-state index in [4.69, 9.17) is 21.1 Å². The van der Waals surface area contributed by atoms with Crippen molar-refractivity contribution in [2.75, 3.05) is 30.6 Å². The number of fused-ring (bicyclic) bond motifs is 1. The molecular formula is C25H22ClN3O4S2. The van der Waals surface area contributed by atoms with E-state index in [9.17, 15) is 9.59 Å². The maximum Gasteiger partial charge on any atom is 0.255 e. The minimum absolute atomic E-state index is 0.137. The predicted molar refractivity (Wildman–Crippen MR) is 143 cm³/mol. The maximum atomic E-state index is 12.7. The first kappa shape index (κ1) is 24.8. The number of thioether (sulfide) groups is 1. The number of hydrogen-bond acceptors (Lipinski definition) is 7. The third kappa shape index (κ3) is 6.05. The summed E-state index contributed by atoms with van der Waals surface area (Å²) in [6.45, 7) is 1.91. The lowest BCUT2D eigenvalue weighted by molar-refractivity contribution is -0.113. The fourth-order valence-corrected chi connectivity index (χ4v) is 5.35. The summed E-state index contributed by atoms with van der Waals surface area (Å²) < 4.78 is 12.2. The van der Waals surface area contributed by atoms with Crippen molar-refractivity contribution in [3.8, 4) is 11.5 Å². The van der Waals surface area contributed by atoms with Crippen molar-refractivity contribution in [1.82, 2.24) is 4.98 Å². The molecule has 180 valence electrons. The number of benzene rings is 3. The van der Waals surface area contributed by atoms with E-state index < -0.39 is 0 Å². The van der Waals surface area contributed by atoms with Gasteiger partial charge < -0.3 is 20.1 Å². The second kappa shape index (κ2) is 11.0. The van der Waals surface area contributed by atoms with Gasteiger partial charge in [0.15, 0.2) is 15.8 Å². The Balaban J connectivity index is 1.40. The number of aryl methyl sites for hydroxylation is 1. The second-order valence-corrected chi connectivity index (χ2v) is 10.2. The molecule has 1 aromatic heterocycles. The first-order valence-corrected chi connectivity index (χ1v) is 12.7. The number of nitrogens with zero attached hydrogens (tertiary/aromatic N) is 1. The molecule has 0 aliphatic rings. The number of methoxy groups -OCH3 is 2. The number of carbonyl (C=O) groups is 2. The first-order valence-electron chi connectivity index (χ1n) is 10.5. The largest absolute Gasteiger partial charge is 0.493 e. The number of aromatic nitrogens is 1. The van der Waals surface area contributed by atoms with Crippen molar-refractivity contribution in [2.45, 2.75) is 11.3 Å². The Kier molecular flexibility index (Phi) is 7.80. The van der Waals surface area contributed by atoms with E-state index in [0.717, 1.165) is 20.1 Å². The zero-order valence-corrected chi connectivity index (χ0v) is 21.6. The number of thiazole rings is 1. The Morgan fingerprint density at radius 3 is 2.57 bits per heavy atom. The van der Waals surface area contributed by atoms with Crippen LogP contribution in [0, 0.1) is 6.92 Å². The summed E-state index contributed by atoms with van der Waals surface area (Å²) in [6, 6.07) is 15.9. The van der Waals surface area contributed by atoms with Gasteiger partial charge in [-0.15, -0.1) is 11.3 Å². The molecule has 0 spiro atoms. The van der Waals surface area contributed by atoms with Gasteiger partial charge in [0.2, 0.25) is 5.91 Å². The number of nitrogens with one attached hydrogen (secondary N) is 2. The van der Waals surface area contributed by atoms with Crippen molar-refractivity contribution >= 4 is 68.1 Å². The molecule has 0 bridgehead atoms. The maximum absolute atomic E-state index is 12.7. The number of amides is 2. The fraction of sp³-hybridized carbons (Fsp3) is 0.160. The monoisotopic (exact) mass is 527 g/mol. The number of anilines is 2. The quantitative estimate of drug-likeness (QED) is 0.263. The van der Waals surface area contributed by atoms with Gasteiger partial charge >= 0.3 is 0 Å². The van der Waals surface area contributed by atoms with Gasteiger partial charge in [-0.3, -0.25) is 9.59 Å². The third-order valence-corrected chi connectivity index (χ3v) is 7.47. The summed E-state index contributed by atoms with van der Waals surface area (Å²) in [6.07, 6.45) is 0. The molecule has 0 unspecified atom stereocenters. The number of carbonyl (C=O) groups excluding carboxylic acids is 2. The van der Waals surface area contributed by atoms with Crippen molar-refractivity contribution in [1.29, 1.82) is 0 Å². The predicted octanol–water partition coefficient (Wildman–Crippen LogP) is 6.26. The van der Waals surface area contributed by atoms with E-state index in [1.807, 2.05) is 25.1 Å². The van der Waals surface area contributed by atoms with Crippen LogP contribution in [0.15, 0.2) is 58.9 Å². The van der Waals surface area contributed by atoms with Gasteiger partial charge in [0.05, 0.1) is 30.2 Å². The summed E-state index contributed by atoms with van der Waals surface area (Å²) >= 11 is 8.84. The van der Waals surface area contributed by atoms with Crippen LogP contribution in [0.2, 0.25) is 5.02 Å². The minimum Gasteiger partial charge on any atom is -0.493 e. The highest BCUT2D eigenvalue weighted by molar-refractivity contribution is 8.01. The van der Waals surface area contributed by atoms with E-state index in [-0.39, 0.29) is 17.6 Å². The van der Waals surface area contributed by atoms with Crippen LogP contribution in [0.5, 0.6) is 11.5 Å². The summed E-state index contributed by atoms with van der Waals surface area (Å²) in [5.74, 6) is 0.847. The topological polar surface area (TPSA) is 89.5 Å². The van der Waals surface area contributed by atoms with Gasteiger partial charge in [-0.1, -0.05) is 29.4 Å². The molecule has 3 aromatic carbocycles. The highest BCUT2D eigenvalue weighted by Crippen LogP contribution is 2.32. The van der Waals surface area contributed by atoms with Gasteiger partial charge in [-0.25, -0.2) is 4.98 Å². The normalized spacial score (nSPS) is 10.7. The number of hydrogen-bond donors (Lipinski definition) is 2.